The Bertz CT molecular complexity index is 789. The Kier molecular flexibility index (Phi) is 5.96. The average Bonchev–Trinajstić information content (AvgIpc) is 3.32. The summed E-state index contributed by atoms with van der Waals surface area (Å²) < 4.78 is 1.91. The van der Waals surface area contributed by atoms with Crippen LogP contribution in [0.5, 0.6) is 0 Å². The van der Waals surface area contributed by atoms with E-state index in [2.05, 4.69) is 31.9 Å². The highest BCUT2D eigenvalue weighted by Crippen LogP contribution is 2.29. The van der Waals surface area contributed by atoms with Crippen LogP contribution in [0.15, 0.2) is 44.7 Å². The predicted molar refractivity (Wildman–Crippen MR) is 107 cm³/mol. The van der Waals surface area contributed by atoms with Gasteiger partial charge >= 0.3 is 0 Å². The Balaban J connectivity index is 1.65. The molecule has 7 heteroatoms. The van der Waals surface area contributed by atoms with Gasteiger partial charge in [-0.2, -0.15) is 0 Å². The van der Waals surface area contributed by atoms with E-state index < -0.39 is 0 Å². The molecule has 0 aliphatic heterocycles. The second-order valence-corrected chi connectivity index (χ2v) is 9.53. The number of thiophene rings is 1. The van der Waals surface area contributed by atoms with Crippen molar-refractivity contribution in [3.05, 3.63) is 55.1 Å². The number of carbonyl (C=O) groups is 2. The number of rotatable bonds is 6. The van der Waals surface area contributed by atoms with Gasteiger partial charge in [0, 0.05) is 24.1 Å². The van der Waals surface area contributed by atoms with Gasteiger partial charge in [-0.3, -0.25) is 9.59 Å². The van der Waals surface area contributed by atoms with E-state index in [1.165, 1.54) is 16.2 Å². The van der Waals surface area contributed by atoms with Crippen LogP contribution in [-0.2, 0) is 11.3 Å². The molecule has 0 radical (unpaired) electrons. The highest BCUT2D eigenvalue weighted by Gasteiger charge is 2.33. The van der Waals surface area contributed by atoms with Crippen LogP contribution in [0.25, 0.3) is 0 Å². The maximum absolute atomic E-state index is 12.8. The van der Waals surface area contributed by atoms with Crippen molar-refractivity contribution in [1.29, 1.82) is 0 Å². The molecular weight excluding hydrogens is 468 g/mol. The van der Waals surface area contributed by atoms with E-state index in [0.29, 0.717) is 17.5 Å². The third-order valence-corrected chi connectivity index (χ3v) is 6.16. The van der Waals surface area contributed by atoms with E-state index in [9.17, 15) is 9.59 Å². The molecule has 1 aromatic heterocycles. The summed E-state index contributed by atoms with van der Waals surface area (Å²) in [5.74, 6) is -0.129. The molecule has 25 heavy (non-hydrogen) atoms. The van der Waals surface area contributed by atoms with Crippen molar-refractivity contribution in [2.45, 2.75) is 25.4 Å². The first-order chi connectivity index (χ1) is 11.9. The fourth-order valence-corrected chi connectivity index (χ4v) is 4.45. The number of likely N-dealkylation sites (N-methyl/N-ethyl adjacent to an activating group) is 1. The number of hydrogen-bond acceptors (Lipinski definition) is 3. The minimum atomic E-state index is -0.123. The molecule has 1 heterocycles. The average molecular weight is 486 g/mol. The second kappa shape index (κ2) is 8.01. The van der Waals surface area contributed by atoms with E-state index in [1.807, 2.05) is 35.2 Å². The van der Waals surface area contributed by atoms with Gasteiger partial charge in [0.25, 0.3) is 5.91 Å². The van der Waals surface area contributed by atoms with Crippen LogP contribution in [-0.4, -0.2) is 41.2 Å². The maximum atomic E-state index is 12.8. The van der Waals surface area contributed by atoms with Crippen molar-refractivity contribution >= 4 is 55.0 Å². The molecule has 2 amide bonds. The Morgan fingerprint density at radius 3 is 2.56 bits per heavy atom. The van der Waals surface area contributed by atoms with Crippen molar-refractivity contribution in [1.82, 2.24) is 9.80 Å². The molecule has 0 bridgehead atoms. The molecule has 1 saturated carbocycles. The van der Waals surface area contributed by atoms with E-state index in [-0.39, 0.29) is 18.4 Å². The number of halogens is 2. The largest absolute Gasteiger partial charge is 0.334 e. The van der Waals surface area contributed by atoms with Crippen molar-refractivity contribution in [2.75, 3.05) is 13.6 Å². The molecule has 0 spiro atoms. The van der Waals surface area contributed by atoms with Gasteiger partial charge in [0.1, 0.15) is 0 Å². The Morgan fingerprint density at radius 2 is 1.96 bits per heavy atom. The van der Waals surface area contributed by atoms with Crippen LogP contribution >= 0.6 is 43.2 Å². The standard InChI is InChI=1S/C18H18Br2N2O2S/c1-21(18(24)15-7-8-16(20)25-15)11-17(23)22(14-5-6-14)10-12-3-2-4-13(19)9-12/h2-4,7-9,14H,5-6,10-11H2,1H3. The van der Waals surface area contributed by atoms with Crippen molar-refractivity contribution < 1.29 is 9.59 Å². The molecule has 4 nitrogen and oxygen atoms in total. The lowest BCUT2D eigenvalue weighted by Crippen LogP contribution is -2.41. The van der Waals surface area contributed by atoms with Gasteiger partial charge in [0.2, 0.25) is 5.91 Å². The number of carbonyl (C=O) groups excluding carboxylic acids is 2. The first kappa shape index (κ1) is 18.6. The molecule has 1 aromatic carbocycles. The first-order valence-corrected chi connectivity index (χ1v) is 10.4. The molecule has 1 aliphatic rings. The summed E-state index contributed by atoms with van der Waals surface area (Å²) in [6.07, 6.45) is 2.07. The fraction of sp³-hybridized carbons (Fsp3) is 0.333. The molecular formula is C18H18Br2N2O2S. The van der Waals surface area contributed by atoms with Crippen molar-refractivity contribution in [3.8, 4) is 0 Å². The minimum absolute atomic E-state index is 0.00560. The number of benzene rings is 1. The van der Waals surface area contributed by atoms with Gasteiger partial charge in [0.15, 0.2) is 0 Å². The monoisotopic (exact) mass is 484 g/mol. The zero-order chi connectivity index (χ0) is 18.0. The zero-order valence-electron chi connectivity index (χ0n) is 13.7. The summed E-state index contributed by atoms with van der Waals surface area (Å²) >= 11 is 8.21. The van der Waals surface area contributed by atoms with E-state index in [4.69, 9.17) is 0 Å². The smallest absolute Gasteiger partial charge is 0.264 e. The molecule has 0 N–H and O–H groups in total. The summed E-state index contributed by atoms with van der Waals surface area (Å²) in [6, 6.07) is 11.9. The van der Waals surface area contributed by atoms with Crippen LogP contribution in [0.4, 0.5) is 0 Å². The molecule has 2 aromatic rings. The van der Waals surface area contributed by atoms with Crippen LogP contribution in [0, 0.1) is 0 Å². The van der Waals surface area contributed by atoms with Gasteiger partial charge in [-0.05, 0) is 58.6 Å². The summed E-state index contributed by atoms with van der Waals surface area (Å²) in [4.78, 5) is 29.3. The quantitative estimate of drug-likeness (QED) is 0.602. The van der Waals surface area contributed by atoms with Crippen molar-refractivity contribution in [2.24, 2.45) is 0 Å². The molecule has 3 rings (SSSR count). The Morgan fingerprint density at radius 1 is 1.20 bits per heavy atom. The molecule has 0 atom stereocenters. The van der Waals surface area contributed by atoms with Gasteiger partial charge in [-0.25, -0.2) is 0 Å². The highest BCUT2D eigenvalue weighted by molar-refractivity contribution is 9.11. The van der Waals surface area contributed by atoms with Crippen molar-refractivity contribution in [3.63, 3.8) is 0 Å². The van der Waals surface area contributed by atoms with Crippen LogP contribution in [0.1, 0.15) is 28.1 Å². The second-order valence-electron chi connectivity index (χ2n) is 6.15. The summed E-state index contributed by atoms with van der Waals surface area (Å²) in [7, 11) is 1.68. The summed E-state index contributed by atoms with van der Waals surface area (Å²) in [6.45, 7) is 0.675. The van der Waals surface area contributed by atoms with Gasteiger partial charge in [-0.15, -0.1) is 11.3 Å². The Hall–Kier alpha value is -1.18. The highest BCUT2D eigenvalue weighted by atomic mass is 79.9. The normalized spacial score (nSPS) is 13.6. The summed E-state index contributed by atoms with van der Waals surface area (Å²) in [5, 5.41) is 0. The lowest BCUT2D eigenvalue weighted by atomic mass is 10.2. The third-order valence-electron chi connectivity index (χ3n) is 4.05. The molecule has 132 valence electrons. The van der Waals surface area contributed by atoms with E-state index >= 15 is 0 Å². The predicted octanol–water partition coefficient (Wildman–Crippen LogP) is 4.54. The van der Waals surface area contributed by atoms with Gasteiger partial charge < -0.3 is 9.80 Å². The van der Waals surface area contributed by atoms with Gasteiger partial charge in [0.05, 0.1) is 15.2 Å². The number of hydrogen-bond donors (Lipinski definition) is 0. The van der Waals surface area contributed by atoms with Gasteiger partial charge in [-0.1, -0.05) is 28.1 Å². The minimum Gasteiger partial charge on any atom is -0.334 e. The molecule has 1 aliphatic carbocycles. The number of amides is 2. The van der Waals surface area contributed by atoms with Crippen LogP contribution in [0.2, 0.25) is 0 Å². The van der Waals surface area contributed by atoms with Crippen LogP contribution < -0.4 is 0 Å². The molecule has 1 fully saturated rings. The van der Waals surface area contributed by atoms with Crippen LogP contribution in [0.3, 0.4) is 0 Å². The lowest BCUT2D eigenvalue weighted by molar-refractivity contribution is -0.132. The Labute approximate surface area is 168 Å². The topological polar surface area (TPSA) is 40.6 Å². The molecule has 0 saturated heterocycles. The fourth-order valence-electron chi connectivity index (χ4n) is 2.62. The van der Waals surface area contributed by atoms with E-state index in [1.54, 1.807) is 13.1 Å². The lowest BCUT2D eigenvalue weighted by Gasteiger charge is -2.25. The first-order valence-electron chi connectivity index (χ1n) is 7.99. The third kappa shape index (κ3) is 4.92. The maximum Gasteiger partial charge on any atom is 0.264 e. The summed E-state index contributed by atoms with van der Waals surface area (Å²) in [5.41, 5.74) is 1.09. The SMILES string of the molecule is CN(CC(=O)N(Cc1cccc(Br)c1)C1CC1)C(=O)c1ccc(Br)s1. The van der Waals surface area contributed by atoms with E-state index in [0.717, 1.165) is 26.7 Å². The number of nitrogens with zero attached hydrogens (tertiary/aromatic N) is 2. The molecule has 0 unspecified atom stereocenters. The zero-order valence-corrected chi connectivity index (χ0v) is 17.7.